The lowest BCUT2D eigenvalue weighted by Gasteiger charge is -2.22. The van der Waals surface area contributed by atoms with Crippen molar-refractivity contribution in [2.24, 2.45) is 0 Å². The van der Waals surface area contributed by atoms with Gasteiger partial charge in [0.05, 0.1) is 16.8 Å². The van der Waals surface area contributed by atoms with Gasteiger partial charge in [-0.25, -0.2) is 4.98 Å². The van der Waals surface area contributed by atoms with Crippen LogP contribution >= 0.6 is 11.3 Å². The standard InChI is InChI=1S/C26H25N3O3S/c1-26(2,3)19-8-6-18(7-9-19)24(30)29(16-17-5-4-10-27-15-17)25-28-20-13-21-22(14-23(20)33-25)32-12-11-31-21/h4-10,13-15H,11-12,16H2,1-3H3. The molecule has 0 radical (unpaired) electrons. The van der Waals surface area contributed by atoms with E-state index >= 15 is 0 Å². The molecule has 2 aromatic heterocycles. The Labute approximate surface area is 196 Å². The minimum Gasteiger partial charge on any atom is -0.486 e. The van der Waals surface area contributed by atoms with Crippen LogP contribution in [0.25, 0.3) is 10.2 Å². The average Bonchev–Trinajstić information content (AvgIpc) is 3.23. The summed E-state index contributed by atoms with van der Waals surface area (Å²) in [4.78, 5) is 24.4. The fourth-order valence-corrected chi connectivity index (χ4v) is 4.71. The molecule has 0 saturated heterocycles. The highest BCUT2D eigenvalue weighted by molar-refractivity contribution is 7.22. The topological polar surface area (TPSA) is 64.6 Å². The Balaban J connectivity index is 1.53. The van der Waals surface area contributed by atoms with Gasteiger partial charge in [-0.15, -0.1) is 0 Å². The van der Waals surface area contributed by atoms with E-state index in [1.807, 2.05) is 48.5 Å². The Bertz CT molecular complexity index is 1250. The molecule has 33 heavy (non-hydrogen) atoms. The van der Waals surface area contributed by atoms with Crippen molar-refractivity contribution in [1.29, 1.82) is 0 Å². The number of nitrogens with zero attached hydrogens (tertiary/aromatic N) is 3. The molecule has 168 valence electrons. The highest BCUT2D eigenvalue weighted by Gasteiger charge is 2.24. The van der Waals surface area contributed by atoms with Gasteiger partial charge in [-0.3, -0.25) is 14.7 Å². The molecule has 0 bridgehead atoms. The molecular weight excluding hydrogens is 434 g/mol. The quantitative estimate of drug-likeness (QED) is 0.397. The summed E-state index contributed by atoms with van der Waals surface area (Å²) in [6, 6.07) is 15.5. The number of amides is 1. The summed E-state index contributed by atoms with van der Waals surface area (Å²) >= 11 is 1.47. The summed E-state index contributed by atoms with van der Waals surface area (Å²) in [5.41, 5.74) is 3.54. The van der Waals surface area contributed by atoms with Gasteiger partial charge in [-0.2, -0.15) is 0 Å². The molecular formula is C26H25N3O3S. The van der Waals surface area contributed by atoms with Crippen molar-refractivity contribution in [3.05, 3.63) is 77.6 Å². The Kier molecular flexibility index (Phi) is 5.50. The third kappa shape index (κ3) is 4.41. The van der Waals surface area contributed by atoms with Gasteiger partial charge in [0, 0.05) is 30.1 Å². The van der Waals surface area contributed by atoms with Crippen LogP contribution in [0.2, 0.25) is 0 Å². The monoisotopic (exact) mass is 459 g/mol. The fourth-order valence-electron chi connectivity index (χ4n) is 3.74. The molecule has 6 nitrogen and oxygen atoms in total. The largest absolute Gasteiger partial charge is 0.486 e. The lowest BCUT2D eigenvalue weighted by molar-refractivity contribution is 0.0985. The van der Waals surface area contributed by atoms with Crippen molar-refractivity contribution in [2.45, 2.75) is 32.7 Å². The highest BCUT2D eigenvalue weighted by Crippen LogP contribution is 2.39. The zero-order chi connectivity index (χ0) is 23.0. The fraction of sp³-hybridized carbons (Fsp3) is 0.269. The number of hydrogen-bond acceptors (Lipinski definition) is 6. The molecule has 0 unspecified atom stereocenters. The number of hydrogen-bond donors (Lipinski definition) is 0. The number of anilines is 1. The second-order valence-electron chi connectivity index (χ2n) is 9.04. The number of thiazole rings is 1. The summed E-state index contributed by atoms with van der Waals surface area (Å²) in [7, 11) is 0. The first-order valence-electron chi connectivity index (χ1n) is 10.9. The van der Waals surface area contributed by atoms with Gasteiger partial charge in [0.2, 0.25) is 0 Å². The third-order valence-corrected chi connectivity index (χ3v) is 6.62. The SMILES string of the molecule is CC(C)(C)c1ccc(C(=O)N(Cc2cccnc2)c2nc3cc4c(cc3s2)OCCO4)cc1. The molecule has 2 aromatic carbocycles. The number of aromatic nitrogens is 2. The zero-order valence-electron chi connectivity index (χ0n) is 18.9. The maximum atomic E-state index is 13.7. The molecule has 4 aromatic rings. The van der Waals surface area contributed by atoms with E-state index in [-0.39, 0.29) is 11.3 Å². The number of fused-ring (bicyclic) bond motifs is 2. The third-order valence-electron chi connectivity index (χ3n) is 5.58. The van der Waals surface area contributed by atoms with Crippen LogP contribution in [0, 0.1) is 0 Å². The summed E-state index contributed by atoms with van der Waals surface area (Å²) in [5.74, 6) is 1.30. The van der Waals surface area contributed by atoms with Crippen molar-refractivity contribution < 1.29 is 14.3 Å². The summed E-state index contributed by atoms with van der Waals surface area (Å²) in [6.45, 7) is 7.90. The first-order valence-corrected chi connectivity index (χ1v) is 11.7. The molecule has 0 saturated carbocycles. The molecule has 0 spiro atoms. The molecule has 0 aliphatic carbocycles. The van der Waals surface area contributed by atoms with Crippen LogP contribution in [0.1, 0.15) is 42.3 Å². The first kappa shape index (κ1) is 21.4. The van der Waals surface area contributed by atoms with Gasteiger partial charge < -0.3 is 9.47 Å². The highest BCUT2D eigenvalue weighted by atomic mass is 32.1. The van der Waals surface area contributed by atoms with Gasteiger partial charge >= 0.3 is 0 Å². The molecule has 1 aliphatic rings. The van der Waals surface area contributed by atoms with Crippen LogP contribution in [0.5, 0.6) is 11.5 Å². The van der Waals surface area contributed by atoms with Crippen LogP contribution in [0.4, 0.5) is 5.13 Å². The lowest BCUT2D eigenvalue weighted by atomic mass is 9.86. The van der Waals surface area contributed by atoms with Crippen LogP contribution in [-0.4, -0.2) is 29.1 Å². The Morgan fingerprint density at radius 1 is 1.06 bits per heavy atom. The number of pyridine rings is 1. The number of ether oxygens (including phenoxy) is 2. The maximum absolute atomic E-state index is 13.7. The molecule has 5 rings (SSSR count). The number of rotatable bonds is 4. The van der Waals surface area contributed by atoms with Gasteiger partial charge in [0.25, 0.3) is 5.91 Å². The Morgan fingerprint density at radius 3 is 2.45 bits per heavy atom. The van der Waals surface area contributed by atoms with Gasteiger partial charge in [0.15, 0.2) is 16.6 Å². The Morgan fingerprint density at radius 2 is 1.79 bits per heavy atom. The van der Waals surface area contributed by atoms with Gasteiger partial charge in [-0.1, -0.05) is 50.3 Å². The molecule has 1 aliphatic heterocycles. The Hall–Kier alpha value is -3.45. The minimum absolute atomic E-state index is 0.0211. The van der Waals surface area contributed by atoms with E-state index in [0.717, 1.165) is 15.8 Å². The average molecular weight is 460 g/mol. The van der Waals surface area contributed by atoms with Crippen LogP contribution < -0.4 is 14.4 Å². The van der Waals surface area contributed by atoms with Crippen LogP contribution in [0.15, 0.2) is 60.9 Å². The van der Waals surface area contributed by atoms with E-state index < -0.39 is 0 Å². The summed E-state index contributed by atoms with van der Waals surface area (Å²) in [5, 5.41) is 0.626. The van der Waals surface area contributed by atoms with Crippen molar-refractivity contribution >= 4 is 32.6 Å². The van der Waals surface area contributed by atoms with E-state index in [4.69, 9.17) is 14.5 Å². The number of carbonyl (C=O) groups excluding carboxylic acids is 1. The van der Waals surface area contributed by atoms with E-state index in [2.05, 4.69) is 25.8 Å². The number of benzene rings is 2. The smallest absolute Gasteiger partial charge is 0.260 e. The summed E-state index contributed by atoms with van der Waals surface area (Å²) in [6.07, 6.45) is 3.50. The van der Waals surface area contributed by atoms with E-state index in [9.17, 15) is 4.79 Å². The van der Waals surface area contributed by atoms with Crippen LogP contribution in [0.3, 0.4) is 0 Å². The maximum Gasteiger partial charge on any atom is 0.260 e. The van der Waals surface area contributed by atoms with E-state index in [1.54, 1.807) is 17.3 Å². The molecule has 0 atom stereocenters. The predicted molar refractivity (Wildman–Crippen MR) is 131 cm³/mol. The molecule has 1 amide bonds. The normalized spacial score (nSPS) is 13.2. The molecule has 0 fully saturated rings. The minimum atomic E-state index is -0.101. The van der Waals surface area contributed by atoms with Gasteiger partial charge in [0.1, 0.15) is 13.2 Å². The second-order valence-corrected chi connectivity index (χ2v) is 10.0. The summed E-state index contributed by atoms with van der Waals surface area (Å²) < 4.78 is 12.4. The second kappa shape index (κ2) is 8.48. The van der Waals surface area contributed by atoms with E-state index in [0.29, 0.717) is 42.0 Å². The molecule has 0 N–H and O–H groups in total. The van der Waals surface area contributed by atoms with Crippen LogP contribution in [-0.2, 0) is 12.0 Å². The van der Waals surface area contributed by atoms with Crippen molar-refractivity contribution in [3.8, 4) is 11.5 Å². The van der Waals surface area contributed by atoms with Crippen molar-refractivity contribution in [1.82, 2.24) is 9.97 Å². The molecule has 7 heteroatoms. The zero-order valence-corrected chi connectivity index (χ0v) is 19.7. The lowest BCUT2D eigenvalue weighted by Crippen LogP contribution is -2.30. The van der Waals surface area contributed by atoms with Gasteiger partial charge in [-0.05, 0) is 34.7 Å². The first-order chi connectivity index (χ1) is 15.9. The predicted octanol–water partition coefficient (Wildman–Crippen LogP) is 5.61. The van der Waals surface area contributed by atoms with E-state index in [1.165, 1.54) is 16.9 Å². The van der Waals surface area contributed by atoms with Crippen molar-refractivity contribution in [2.75, 3.05) is 18.1 Å². The molecule has 3 heterocycles. The van der Waals surface area contributed by atoms with Crippen molar-refractivity contribution in [3.63, 3.8) is 0 Å². The number of carbonyl (C=O) groups is 1.